The molecule has 0 fully saturated rings. The zero-order valence-electron chi connectivity index (χ0n) is 19.2. The number of nitrogen functional groups attached to an aromatic ring is 1. The Bertz CT molecular complexity index is 1320. The number of benzene rings is 2. The third-order valence-corrected chi connectivity index (χ3v) is 5.68. The highest BCUT2D eigenvalue weighted by Gasteiger charge is 2.19. The number of fused-ring (bicyclic) bond motifs is 1. The van der Waals surface area contributed by atoms with Crippen LogP contribution in [0.4, 0.5) is 5.95 Å². The molecule has 2 N–H and O–H groups in total. The van der Waals surface area contributed by atoms with Gasteiger partial charge in [-0.1, -0.05) is 56.3 Å². The normalized spacial score (nSPS) is 11.3. The van der Waals surface area contributed by atoms with Gasteiger partial charge in [-0.25, -0.2) is 9.97 Å². The summed E-state index contributed by atoms with van der Waals surface area (Å²) in [6.07, 6.45) is 0. The van der Waals surface area contributed by atoms with E-state index in [1.54, 1.807) is 7.05 Å². The van der Waals surface area contributed by atoms with E-state index in [0.717, 1.165) is 30.8 Å². The van der Waals surface area contributed by atoms with Crippen molar-refractivity contribution in [3.05, 3.63) is 65.0 Å². The van der Waals surface area contributed by atoms with E-state index in [1.807, 2.05) is 54.6 Å². The number of aromatic nitrogens is 4. The quantitative estimate of drug-likeness (QED) is 0.445. The maximum Gasteiger partial charge on any atom is 0.278 e. The van der Waals surface area contributed by atoms with Crippen molar-refractivity contribution in [3.63, 3.8) is 0 Å². The first kappa shape index (κ1) is 22.4. The van der Waals surface area contributed by atoms with Crippen LogP contribution in [0, 0.1) is 0 Å². The number of hydrogen-bond donors (Lipinski definition) is 1. The SMILES string of the molecule is CCN(CC)CCOc1ccccc1-c1nc(N)nc2c1nc(-c1ccccc1)c(=O)n2C. The standard InChI is InChI=1S/C25H28N6O2/c1-4-31(5-2)15-16-33-19-14-10-9-13-18(19)21-22-23(29-25(26)28-21)30(3)24(32)20(27-22)17-11-7-6-8-12-17/h6-14H,4-5,15-16H2,1-3H3,(H2,26,28,29). The van der Waals surface area contributed by atoms with Gasteiger partial charge in [-0.2, -0.15) is 4.98 Å². The van der Waals surface area contributed by atoms with Gasteiger partial charge in [-0.15, -0.1) is 0 Å². The second kappa shape index (κ2) is 9.79. The molecule has 0 saturated carbocycles. The average Bonchev–Trinajstić information content (AvgIpc) is 2.85. The van der Waals surface area contributed by atoms with Crippen LogP contribution in [0.15, 0.2) is 59.4 Å². The first-order chi connectivity index (χ1) is 16.0. The minimum atomic E-state index is -0.249. The monoisotopic (exact) mass is 444 g/mol. The van der Waals surface area contributed by atoms with E-state index in [4.69, 9.17) is 15.5 Å². The van der Waals surface area contributed by atoms with E-state index in [2.05, 4.69) is 28.7 Å². The maximum atomic E-state index is 13.0. The van der Waals surface area contributed by atoms with Crippen LogP contribution in [0.5, 0.6) is 5.75 Å². The first-order valence-electron chi connectivity index (χ1n) is 11.1. The molecular formula is C25H28N6O2. The summed E-state index contributed by atoms with van der Waals surface area (Å²) < 4.78 is 7.61. The van der Waals surface area contributed by atoms with Crippen molar-refractivity contribution in [3.8, 4) is 28.3 Å². The van der Waals surface area contributed by atoms with Crippen LogP contribution in [-0.4, -0.2) is 50.7 Å². The summed E-state index contributed by atoms with van der Waals surface area (Å²) in [4.78, 5) is 28.9. The number of para-hydroxylation sites is 1. The molecule has 0 unspecified atom stereocenters. The van der Waals surface area contributed by atoms with Crippen molar-refractivity contribution in [2.45, 2.75) is 13.8 Å². The number of ether oxygens (including phenoxy) is 1. The fourth-order valence-electron chi connectivity index (χ4n) is 3.80. The Morgan fingerprint density at radius 2 is 1.64 bits per heavy atom. The molecule has 8 heteroatoms. The van der Waals surface area contributed by atoms with Crippen molar-refractivity contribution < 1.29 is 4.74 Å². The first-order valence-corrected chi connectivity index (χ1v) is 11.1. The van der Waals surface area contributed by atoms with Gasteiger partial charge < -0.3 is 15.4 Å². The Morgan fingerprint density at radius 3 is 2.36 bits per heavy atom. The molecular weight excluding hydrogens is 416 g/mol. The molecule has 0 aliphatic carbocycles. The Morgan fingerprint density at radius 1 is 0.939 bits per heavy atom. The lowest BCUT2D eigenvalue weighted by atomic mass is 10.1. The van der Waals surface area contributed by atoms with Crippen LogP contribution in [0.25, 0.3) is 33.7 Å². The van der Waals surface area contributed by atoms with Crippen LogP contribution in [-0.2, 0) is 7.05 Å². The van der Waals surface area contributed by atoms with E-state index in [-0.39, 0.29) is 11.5 Å². The number of aryl methyl sites for hydroxylation is 1. The predicted octanol–water partition coefficient (Wildman–Crippen LogP) is 3.36. The van der Waals surface area contributed by atoms with Crippen LogP contribution >= 0.6 is 0 Å². The van der Waals surface area contributed by atoms with E-state index in [0.29, 0.717) is 34.9 Å². The minimum Gasteiger partial charge on any atom is -0.492 e. The van der Waals surface area contributed by atoms with E-state index in [9.17, 15) is 4.79 Å². The van der Waals surface area contributed by atoms with Gasteiger partial charge in [0.05, 0.1) is 0 Å². The van der Waals surface area contributed by atoms with Gasteiger partial charge in [0, 0.05) is 24.7 Å². The van der Waals surface area contributed by atoms with Gasteiger partial charge >= 0.3 is 0 Å². The summed E-state index contributed by atoms with van der Waals surface area (Å²) in [5.74, 6) is 0.751. The second-order valence-electron chi connectivity index (χ2n) is 7.66. The average molecular weight is 445 g/mol. The molecule has 2 aromatic carbocycles. The van der Waals surface area contributed by atoms with Crippen LogP contribution in [0.2, 0.25) is 0 Å². The summed E-state index contributed by atoms with van der Waals surface area (Å²) in [5, 5.41) is 0. The summed E-state index contributed by atoms with van der Waals surface area (Å²) in [5.41, 5.74) is 9.00. The maximum absolute atomic E-state index is 13.0. The summed E-state index contributed by atoms with van der Waals surface area (Å²) in [7, 11) is 1.67. The van der Waals surface area contributed by atoms with E-state index >= 15 is 0 Å². The third kappa shape index (κ3) is 4.56. The van der Waals surface area contributed by atoms with Crippen molar-refractivity contribution in [1.82, 2.24) is 24.4 Å². The van der Waals surface area contributed by atoms with Gasteiger partial charge in [-0.3, -0.25) is 9.36 Å². The van der Waals surface area contributed by atoms with Crippen LogP contribution in [0.1, 0.15) is 13.8 Å². The minimum absolute atomic E-state index is 0.0692. The summed E-state index contributed by atoms with van der Waals surface area (Å²) >= 11 is 0. The zero-order valence-corrected chi connectivity index (χ0v) is 19.2. The van der Waals surface area contributed by atoms with Crippen molar-refractivity contribution in [2.24, 2.45) is 7.05 Å². The van der Waals surface area contributed by atoms with Crippen molar-refractivity contribution >= 4 is 17.1 Å². The molecule has 4 aromatic rings. The second-order valence-corrected chi connectivity index (χ2v) is 7.66. The molecule has 0 amide bonds. The molecule has 0 atom stereocenters. The largest absolute Gasteiger partial charge is 0.492 e. The topological polar surface area (TPSA) is 99.2 Å². The fourth-order valence-corrected chi connectivity index (χ4v) is 3.80. The van der Waals surface area contributed by atoms with Gasteiger partial charge in [0.2, 0.25) is 5.95 Å². The number of nitrogens with zero attached hydrogens (tertiary/aromatic N) is 5. The van der Waals surface area contributed by atoms with Crippen molar-refractivity contribution in [2.75, 3.05) is 32.0 Å². The fraction of sp³-hybridized carbons (Fsp3) is 0.280. The summed E-state index contributed by atoms with van der Waals surface area (Å²) in [6, 6.07) is 17.0. The Labute approximate surface area is 192 Å². The molecule has 0 bridgehead atoms. The number of anilines is 1. The molecule has 170 valence electrons. The molecule has 4 rings (SSSR count). The van der Waals surface area contributed by atoms with E-state index in [1.165, 1.54) is 4.57 Å². The highest BCUT2D eigenvalue weighted by Crippen LogP contribution is 2.33. The predicted molar refractivity (Wildman–Crippen MR) is 131 cm³/mol. The third-order valence-electron chi connectivity index (χ3n) is 5.68. The highest BCUT2D eigenvalue weighted by atomic mass is 16.5. The summed E-state index contributed by atoms with van der Waals surface area (Å²) in [6.45, 7) is 7.56. The van der Waals surface area contributed by atoms with Gasteiger partial charge in [-0.05, 0) is 25.2 Å². The molecule has 0 saturated heterocycles. The lowest BCUT2D eigenvalue weighted by Crippen LogP contribution is -2.28. The van der Waals surface area contributed by atoms with Gasteiger partial charge in [0.15, 0.2) is 5.65 Å². The van der Waals surface area contributed by atoms with Crippen molar-refractivity contribution in [1.29, 1.82) is 0 Å². The zero-order chi connectivity index (χ0) is 23.4. The number of rotatable bonds is 8. The molecule has 0 aliphatic heterocycles. The molecule has 2 aromatic heterocycles. The van der Waals surface area contributed by atoms with E-state index < -0.39 is 0 Å². The lowest BCUT2D eigenvalue weighted by Gasteiger charge is -2.19. The molecule has 2 heterocycles. The molecule has 33 heavy (non-hydrogen) atoms. The Kier molecular flexibility index (Phi) is 6.65. The van der Waals surface area contributed by atoms with Crippen LogP contribution < -0.4 is 16.0 Å². The Balaban J connectivity index is 1.85. The van der Waals surface area contributed by atoms with Gasteiger partial charge in [0.25, 0.3) is 5.56 Å². The molecule has 0 aliphatic rings. The van der Waals surface area contributed by atoms with Crippen LogP contribution in [0.3, 0.4) is 0 Å². The lowest BCUT2D eigenvalue weighted by molar-refractivity contribution is 0.223. The molecule has 0 spiro atoms. The smallest absolute Gasteiger partial charge is 0.278 e. The van der Waals surface area contributed by atoms with Gasteiger partial charge in [0.1, 0.15) is 29.3 Å². The molecule has 0 radical (unpaired) electrons. The number of likely N-dealkylation sites (N-methyl/N-ethyl adjacent to an activating group) is 1. The highest BCUT2D eigenvalue weighted by molar-refractivity contribution is 5.91. The molecule has 8 nitrogen and oxygen atoms in total. The number of nitrogens with two attached hydrogens (primary N) is 1. The number of hydrogen-bond acceptors (Lipinski definition) is 7. The Hall–Kier alpha value is -3.78.